The average molecular weight is 250 g/mol. The number of rotatable bonds is 4. The molecule has 7 nitrogen and oxygen atoms in total. The first-order chi connectivity index (χ1) is 8.43. The van der Waals surface area contributed by atoms with Crippen LogP contribution in [0, 0.1) is 12.3 Å². The Morgan fingerprint density at radius 3 is 2.94 bits per heavy atom. The molecule has 18 heavy (non-hydrogen) atoms. The number of nitrogens with zero attached hydrogens (tertiary/aromatic N) is 3. The highest BCUT2D eigenvalue weighted by molar-refractivity contribution is 5.49. The fraction of sp³-hybridized carbons (Fsp3) is 0.545. The van der Waals surface area contributed by atoms with E-state index in [0.717, 1.165) is 0 Å². The molecule has 0 fully saturated rings. The number of aryl methyl sites for hydroxylation is 1. The third-order valence-electron chi connectivity index (χ3n) is 2.87. The lowest BCUT2D eigenvalue weighted by Crippen LogP contribution is -2.31. The second-order valence-corrected chi connectivity index (χ2v) is 5.13. The summed E-state index contributed by atoms with van der Waals surface area (Å²) in [6.45, 7) is 7.21. The van der Waals surface area contributed by atoms with Crippen LogP contribution in [-0.4, -0.2) is 32.7 Å². The number of hydrogen-bond acceptors (Lipinski definition) is 5. The first kappa shape index (κ1) is 12.6. The number of H-pyrrole nitrogens is 1. The van der Waals surface area contributed by atoms with Gasteiger partial charge in [0.2, 0.25) is 0 Å². The number of nitrogens with one attached hydrogen (secondary N) is 2. The predicted octanol–water partition coefficient (Wildman–Crippen LogP) is 0.123. The van der Waals surface area contributed by atoms with Gasteiger partial charge >= 0.3 is 5.69 Å². The van der Waals surface area contributed by atoms with E-state index in [1.165, 1.54) is 4.40 Å². The summed E-state index contributed by atoms with van der Waals surface area (Å²) in [6.07, 6.45) is 0. The number of anilines is 1. The molecule has 0 aliphatic heterocycles. The maximum absolute atomic E-state index is 11.4. The lowest BCUT2D eigenvalue weighted by molar-refractivity contribution is 0.405. The highest BCUT2D eigenvalue weighted by atomic mass is 16.1. The van der Waals surface area contributed by atoms with Gasteiger partial charge in [-0.15, -0.1) is 0 Å². The van der Waals surface area contributed by atoms with Gasteiger partial charge in [-0.25, -0.2) is 19.3 Å². The molecule has 0 spiro atoms. The molecule has 98 valence electrons. The Morgan fingerprint density at radius 1 is 1.56 bits per heavy atom. The van der Waals surface area contributed by atoms with Crippen molar-refractivity contribution in [3.8, 4) is 0 Å². The van der Waals surface area contributed by atoms with Crippen LogP contribution in [0.4, 0.5) is 5.82 Å². The minimum atomic E-state index is -0.274. The van der Waals surface area contributed by atoms with Gasteiger partial charge in [-0.1, -0.05) is 13.8 Å². The van der Waals surface area contributed by atoms with Gasteiger partial charge in [0.1, 0.15) is 11.6 Å². The highest BCUT2D eigenvalue weighted by Gasteiger charge is 2.15. The Hall–Kier alpha value is -1.89. The molecule has 0 atom stereocenters. The Labute approximate surface area is 104 Å². The summed E-state index contributed by atoms with van der Waals surface area (Å²) in [6, 6.07) is 1.73. The van der Waals surface area contributed by atoms with Gasteiger partial charge in [0.15, 0.2) is 5.65 Å². The van der Waals surface area contributed by atoms with Crippen LogP contribution in [0.15, 0.2) is 10.9 Å². The van der Waals surface area contributed by atoms with Gasteiger partial charge in [-0.05, 0) is 18.9 Å². The first-order valence-electron chi connectivity index (χ1n) is 5.82. The molecule has 0 saturated carbocycles. The van der Waals surface area contributed by atoms with Crippen molar-refractivity contribution in [1.29, 1.82) is 0 Å². The van der Waals surface area contributed by atoms with E-state index in [0.29, 0.717) is 30.4 Å². The standard InChI is InChI=1S/C11H18N6O/c1-7-14-8(13-6-11(2,3)5-12)4-9-15-16-10(18)17(7)9/h4,13H,5-6,12H2,1-3H3,(H,16,18). The van der Waals surface area contributed by atoms with E-state index in [9.17, 15) is 4.79 Å². The zero-order valence-corrected chi connectivity index (χ0v) is 10.8. The molecule has 7 heteroatoms. The van der Waals surface area contributed by atoms with Crippen LogP contribution in [0.5, 0.6) is 0 Å². The number of aromatic nitrogens is 4. The molecular formula is C11H18N6O. The summed E-state index contributed by atoms with van der Waals surface area (Å²) in [5.74, 6) is 1.29. The maximum Gasteiger partial charge on any atom is 0.349 e. The second kappa shape index (κ2) is 4.41. The highest BCUT2D eigenvalue weighted by Crippen LogP contribution is 2.14. The van der Waals surface area contributed by atoms with Crippen LogP contribution in [0.3, 0.4) is 0 Å². The van der Waals surface area contributed by atoms with Gasteiger partial charge in [-0.2, -0.15) is 5.10 Å². The van der Waals surface area contributed by atoms with Gasteiger partial charge in [-0.3, -0.25) is 0 Å². The largest absolute Gasteiger partial charge is 0.369 e. The molecule has 0 unspecified atom stereocenters. The Bertz CT molecular complexity index is 612. The summed E-state index contributed by atoms with van der Waals surface area (Å²) < 4.78 is 1.43. The predicted molar refractivity (Wildman–Crippen MR) is 69.7 cm³/mol. The van der Waals surface area contributed by atoms with Crippen molar-refractivity contribution < 1.29 is 0 Å². The molecule has 2 heterocycles. The Morgan fingerprint density at radius 2 is 2.28 bits per heavy atom. The SMILES string of the molecule is Cc1nc(NCC(C)(C)CN)cc2n[nH]c(=O)n12. The van der Waals surface area contributed by atoms with E-state index in [1.807, 2.05) is 0 Å². The molecule has 0 aromatic carbocycles. The topological polar surface area (TPSA) is 101 Å². The van der Waals surface area contributed by atoms with E-state index < -0.39 is 0 Å². The van der Waals surface area contributed by atoms with Crippen LogP contribution in [-0.2, 0) is 0 Å². The van der Waals surface area contributed by atoms with Crippen molar-refractivity contribution in [2.24, 2.45) is 11.1 Å². The molecular weight excluding hydrogens is 232 g/mol. The minimum Gasteiger partial charge on any atom is -0.369 e. The van der Waals surface area contributed by atoms with Crippen molar-refractivity contribution in [1.82, 2.24) is 19.6 Å². The van der Waals surface area contributed by atoms with Crippen LogP contribution in [0.25, 0.3) is 5.65 Å². The molecule has 4 N–H and O–H groups in total. The van der Waals surface area contributed by atoms with Crippen LogP contribution in [0.2, 0.25) is 0 Å². The van der Waals surface area contributed by atoms with Gasteiger partial charge in [0.25, 0.3) is 0 Å². The van der Waals surface area contributed by atoms with Crippen molar-refractivity contribution in [3.63, 3.8) is 0 Å². The summed E-state index contributed by atoms with van der Waals surface area (Å²) in [5.41, 5.74) is 5.95. The summed E-state index contributed by atoms with van der Waals surface area (Å²) in [7, 11) is 0. The molecule has 0 aliphatic rings. The lowest BCUT2D eigenvalue weighted by atomic mass is 9.94. The van der Waals surface area contributed by atoms with Crippen molar-refractivity contribution in [2.45, 2.75) is 20.8 Å². The number of fused-ring (bicyclic) bond motifs is 1. The smallest absolute Gasteiger partial charge is 0.349 e. The van der Waals surface area contributed by atoms with E-state index in [-0.39, 0.29) is 11.1 Å². The van der Waals surface area contributed by atoms with Gasteiger partial charge in [0.05, 0.1) is 0 Å². The minimum absolute atomic E-state index is 0.00699. The van der Waals surface area contributed by atoms with Gasteiger partial charge in [0, 0.05) is 12.6 Å². The fourth-order valence-electron chi connectivity index (χ4n) is 1.59. The zero-order valence-electron chi connectivity index (χ0n) is 10.8. The summed E-state index contributed by atoms with van der Waals surface area (Å²) in [4.78, 5) is 15.8. The number of aromatic amines is 1. The summed E-state index contributed by atoms with van der Waals surface area (Å²) in [5, 5.41) is 9.54. The fourth-order valence-corrected chi connectivity index (χ4v) is 1.59. The van der Waals surface area contributed by atoms with E-state index >= 15 is 0 Å². The normalized spacial score (nSPS) is 12.0. The van der Waals surface area contributed by atoms with E-state index in [2.05, 4.69) is 34.3 Å². The maximum atomic E-state index is 11.4. The molecule has 2 aromatic heterocycles. The number of hydrogen-bond donors (Lipinski definition) is 3. The van der Waals surface area contributed by atoms with Crippen LogP contribution >= 0.6 is 0 Å². The molecule has 2 aromatic rings. The van der Waals surface area contributed by atoms with Crippen LogP contribution in [0.1, 0.15) is 19.7 Å². The molecule has 0 aliphatic carbocycles. The van der Waals surface area contributed by atoms with Crippen LogP contribution < -0.4 is 16.7 Å². The molecule has 0 saturated heterocycles. The average Bonchev–Trinajstić information content (AvgIpc) is 2.69. The second-order valence-electron chi connectivity index (χ2n) is 5.13. The van der Waals surface area contributed by atoms with Gasteiger partial charge < -0.3 is 11.1 Å². The zero-order chi connectivity index (χ0) is 13.3. The molecule has 0 radical (unpaired) electrons. The Kier molecular flexibility index (Phi) is 3.08. The molecule has 0 bridgehead atoms. The van der Waals surface area contributed by atoms with Crippen molar-refractivity contribution in [3.05, 3.63) is 22.4 Å². The Balaban J connectivity index is 2.28. The number of nitrogens with two attached hydrogens (primary N) is 1. The lowest BCUT2D eigenvalue weighted by Gasteiger charge is -2.22. The van der Waals surface area contributed by atoms with E-state index in [4.69, 9.17) is 5.73 Å². The monoisotopic (exact) mass is 250 g/mol. The molecule has 0 amide bonds. The summed E-state index contributed by atoms with van der Waals surface area (Å²) >= 11 is 0. The molecule has 2 rings (SSSR count). The quantitative estimate of drug-likeness (QED) is 0.715. The third-order valence-corrected chi connectivity index (χ3v) is 2.87. The van der Waals surface area contributed by atoms with Crippen molar-refractivity contribution >= 4 is 11.5 Å². The third kappa shape index (κ3) is 2.35. The van der Waals surface area contributed by atoms with Crippen molar-refractivity contribution in [2.75, 3.05) is 18.4 Å². The first-order valence-corrected chi connectivity index (χ1v) is 5.82. The van der Waals surface area contributed by atoms with E-state index in [1.54, 1.807) is 13.0 Å².